The van der Waals surface area contributed by atoms with E-state index in [1.165, 1.54) is 13.8 Å². The maximum absolute atomic E-state index is 11.3. The van der Waals surface area contributed by atoms with Crippen LogP contribution in [0.3, 0.4) is 0 Å². The summed E-state index contributed by atoms with van der Waals surface area (Å²) in [6, 6.07) is 1.54. The first kappa shape index (κ1) is 12.1. The Bertz CT molecular complexity index is 453. The van der Waals surface area contributed by atoms with Crippen LogP contribution < -0.4 is 0 Å². The summed E-state index contributed by atoms with van der Waals surface area (Å²) >= 11 is 8.95. The number of nitrogens with zero attached hydrogens (tertiary/aromatic N) is 1. The topological polar surface area (TPSA) is 62.8 Å². The van der Waals surface area contributed by atoms with Crippen LogP contribution in [0.2, 0.25) is 0 Å². The van der Waals surface area contributed by atoms with Gasteiger partial charge in [-0.15, -0.1) is 12.6 Å². The minimum atomic E-state index is -0.876. The summed E-state index contributed by atoms with van der Waals surface area (Å²) in [6.07, 6.45) is 0. The summed E-state index contributed by atoms with van der Waals surface area (Å²) < 4.78 is 0.400. The summed E-state index contributed by atoms with van der Waals surface area (Å²) in [4.78, 5) is 29.2. The Hall–Kier alpha value is -1.01. The van der Waals surface area contributed by atoms with E-state index in [0.29, 0.717) is 9.67 Å². The van der Waals surface area contributed by atoms with Crippen molar-refractivity contribution in [3.63, 3.8) is 0 Å². The molecule has 0 spiro atoms. The van der Waals surface area contributed by atoms with Gasteiger partial charge in [-0.1, -0.05) is 12.2 Å². The Balaban J connectivity index is 3.29. The molecule has 0 atom stereocenters. The van der Waals surface area contributed by atoms with E-state index in [2.05, 4.69) is 22.6 Å². The normalized spacial score (nSPS) is 10.4. The number of aromatic amines is 1. The van der Waals surface area contributed by atoms with E-state index in [0.717, 1.165) is 0 Å². The molecule has 0 aliphatic carbocycles. The maximum Gasteiger partial charge on any atom is 0.147 e. The third-order valence-electron chi connectivity index (χ3n) is 1.83. The van der Waals surface area contributed by atoms with Gasteiger partial charge < -0.3 is 4.98 Å². The molecule has 0 fully saturated rings. The molecule has 0 radical (unpaired) electrons. The fourth-order valence-corrected chi connectivity index (χ4v) is 1.81. The number of nitrogens with one attached hydrogen (secondary N) is 1. The molecule has 4 nitrogen and oxygen atoms in total. The zero-order valence-corrected chi connectivity index (χ0v) is 9.98. The van der Waals surface area contributed by atoms with Gasteiger partial charge in [0.05, 0.1) is 5.03 Å². The number of thiol groups is 1. The molecule has 0 aliphatic heterocycles. The zero-order chi connectivity index (χ0) is 11.6. The number of ketones is 2. The summed E-state index contributed by atoms with van der Waals surface area (Å²) in [6.45, 7) is 2.69. The molecule has 0 bridgehead atoms. The highest BCUT2D eigenvalue weighted by molar-refractivity contribution is 7.80. The smallest absolute Gasteiger partial charge is 0.147 e. The lowest BCUT2D eigenvalue weighted by atomic mass is 10.0. The Labute approximate surface area is 97.5 Å². The molecule has 0 amide bonds. The Kier molecular flexibility index (Phi) is 3.76. The molecule has 1 aromatic rings. The second-order valence-corrected chi connectivity index (χ2v) is 4.04. The Morgan fingerprint density at radius 3 is 2.40 bits per heavy atom. The first-order chi connectivity index (χ1) is 6.91. The average molecular weight is 242 g/mol. The molecule has 1 rings (SSSR count). The van der Waals surface area contributed by atoms with Gasteiger partial charge in [0, 0.05) is 6.07 Å². The Morgan fingerprint density at radius 1 is 1.47 bits per heavy atom. The predicted molar refractivity (Wildman–Crippen MR) is 60.8 cm³/mol. The molecule has 0 saturated carbocycles. The number of aromatic nitrogens is 2. The van der Waals surface area contributed by atoms with E-state index >= 15 is 0 Å². The number of rotatable bonds is 3. The van der Waals surface area contributed by atoms with Crippen LogP contribution in [0.4, 0.5) is 0 Å². The SMILES string of the molecule is CC(=O)C(C(C)=O)c1nc(S)cc(=S)[nH]1. The molecular formula is C9H10N2O2S2. The van der Waals surface area contributed by atoms with Gasteiger partial charge in [0.25, 0.3) is 0 Å². The predicted octanol–water partition coefficient (Wildman–Crippen LogP) is 1.69. The number of Topliss-reactive ketones (excluding diaryl/α,β-unsaturated/α-hetero) is 2. The van der Waals surface area contributed by atoms with Crippen molar-refractivity contribution in [2.75, 3.05) is 0 Å². The van der Waals surface area contributed by atoms with E-state index in [1.807, 2.05) is 0 Å². The average Bonchev–Trinajstić information content (AvgIpc) is 1.99. The van der Waals surface area contributed by atoms with Crippen molar-refractivity contribution < 1.29 is 9.59 Å². The van der Waals surface area contributed by atoms with Crippen LogP contribution in [-0.2, 0) is 9.59 Å². The second-order valence-electron chi connectivity index (χ2n) is 3.14. The maximum atomic E-state index is 11.3. The van der Waals surface area contributed by atoms with Crippen LogP contribution >= 0.6 is 24.8 Å². The number of carbonyl (C=O) groups is 2. The first-order valence-electron chi connectivity index (χ1n) is 4.23. The highest BCUT2D eigenvalue weighted by atomic mass is 32.1. The summed E-state index contributed by atoms with van der Waals surface area (Å²) in [5, 5.41) is 0.390. The lowest BCUT2D eigenvalue weighted by Gasteiger charge is -2.09. The molecular weight excluding hydrogens is 232 g/mol. The lowest BCUT2D eigenvalue weighted by Crippen LogP contribution is -2.20. The van der Waals surface area contributed by atoms with Crippen molar-refractivity contribution in [2.24, 2.45) is 0 Å². The van der Waals surface area contributed by atoms with Crippen molar-refractivity contribution in [3.8, 4) is 0 Å². The van der Waals surface area contributed by atoms with Gasteiger partial charge >= 0.3 is 0 Å². The van der Waals surface area contributed by atoms with Gasteiger partial charge in [0.15, 0.2) is 0 Å². The van der Waals surface area contributed by atoms with Gasteiger partial charge in [-0.2, -0.15) is 0 Å². The molecule has 0 aromatic carbocycles. The first-order valence-corrected chi connectivity index (χ1v) is 5.08. The van der Waals surface area contributed by atoms with Crippen LogP contribution in [0.25, 0.3) is 0 Å². The van der Waals surface area contributed by atoms with Crippen molar-refractivity contribution >= 4 is 36.4 Å². The quantitative estimate of drug-likeness (QED) is 0.366. The van der Waals surface area contributed by atoms with Crippen molar-refractivity contribution in [3.05, 3.63) is 16.5 Å². The van der Waals surface area contributed by atoms with Gasteiger partial charge in [-0.3, -0.25) is 9.59 Å². The van der Waals surface area contributed by atoms with Gasteiger partial charge in [-0.05, 0) is 13.8 Å². The summed E-state index contributed by atoms with van der Waals surface area (Å²) in [5.74, 6) is -1.15. The molecule has 6 heteroatoms. The monoisotopic (exact) mass is 242 g/mol. The van der Waals surface area contributed by atoms with Gasteiger partial charge in [-0.25, -0.2) is 4.98 Å². The van der Waals surface area contributed by atoms with Crippen LogP contribution in [0.1, 0.15) is 25.6 Å². The Morgan fingerprint density at radius 2 is 2.00 bits per heavy atom. The number of hydrogen-bond acceptors (Lipinski definition) is 5. The largest absolute Gasteiger partial charge is 0.334 e. The molecule has 15 heavy (non-hydrogen) atoms. The van der Waals surface area contributed by atoms with E-state index in [1.54, 1.807) is 6.07 Å². The molecule has 1 aromatic heterocycles. The zero-order valence-electron chi connectivity index (χ0n) is 8.27. The molecule has 80 valence electrons. The van der Waals surface area contributed by atoms with Crippen LogP contribution in [0.5, 0.6) is 0 Å². The summed E-state index contributed by atoms with van der Waals surface area (Å²) in [7, 11) is 0. The van der Waals surface area contributed by atoms with E-state index in [4.69, 9.17) is 12.2 Å². The molecule has 0 unspecified atom stereocenters. The highest BCUT2D eigenvalue weighted by Gasteiger charge is 2.24. The van der Waals surface area contributed by atoms with Crippen LogP contribution in [0.15, 0.2) is 11.1 Å². The number of hydrogen-bond donors (Lipinski definition) is 2. The molecule has 0 saturated heterocycles. The fraction of sp³-hybridized carbons (Fsp3) is 0.333. The van der Waals surface area contributed by atoms with Gasteiger partial charge in [0.1, 0.15) is 27.9 Å². The summed E-state index contributed by atoms with van der Waals surface area (Å²) in [5.41, 5.74) is 0. The highest BCUT2D eigenvalue weighted by Crippen LogP contribution is 2.15. The van der Waals surface area contributed by atoms with E-state index in [-0.39, 0.29) is 17.4 Å². The van der Waals surface area contributed by atoms with E-state index in [9.17, 15) is 9.59 Å². The molecule has 1 heterocycles. The minimum Gasteiger partial charge on any atom is -0.334 e. The third-order valence-corrected chi connectivity index (χ3v) is 2.28. The minimum absolute atomic E-state index is 0.257. The van der Waals surface area contributed by atoms with Gasteiger partial charge in [0.2, 0.25) is 0 Å². The van der Waals surface area contributed by atoms with E-state index < -0.39 is 5.92 Å². The van der Waals surface area contributed by atoms with Crippen molar-refractivity contribution in [2.45, 2.75) is 24.8 Å². The number of H-pyrrole nitrogens is 1. The fourth-order valence-electron chi connectivity index (χ4n) is 1.27. The second kappa shape index (κ2) is 4.67. The van der Waals surface area contributed by atoms with Crippen LogP contribution in [-0.4, -0.2) is 21.5 Å². The lowest BCUT2D eigenvalue weighted by molar-refractivity contribution is -0.127. The van der Waals surface area contributed by atoms with Crippen molar-refractivity contribution in [1.82, 2.24) is 9.97 Å². The molecule has 1 N–H and O–H groups in total. The van der Waals surface area contributed by atoms with Crippen molar-refractivity contribution in [1.29, 1.82) is 0 Å². The third kappa shape index (κ3) is 2.97. The van der Waals surface area contributed by atoms with Crippen LogP contribution in [0, 0.1) is 4.64 Å². The number of carbonyl (C=O) groups excluding carboxylic acids is 2. The molecule has 0 aliphatic rings. The standard InChI is InChI=1S/C9H10N2O2S2/c1-4(12)8(5(2)13)9-10-6(14)3-7(15)11-9/h3,8H,1-2H3,(H2,10,11,14,15).